The van der Waals surface area contributed by atoms with E-state index >= 15 is 0 Å². The fourth-order valence-electron chi connectivity index (χ4n) is 8.46. The summed E-state index contributed by atoms with van der Waals surface area (Å²) in [4.78, 5) is 40.0. The highest BCUT2D eigenvalue weighted by Crippen LogP contribution is 2.38. The van der Waals surface area contributed by atoms with Crippen LogP contribution >= 0.6 is 7.82 Å². The van der Waals surface area contributed by atoms with Crippen molar-refractivity contribution >= 4 is 19.7 Å². The molecule has 0 bridgehead atoms. The summed E-state index contributed by atoms with van der Waals surface area (Å²) >= 11 is 0. The predicted molar refractivity (Wildman–Crippen MR) is 325 cm³/mol. The third kappa shape index (κ3) is 55.7. The van der Waals surface area contributed by atoms with Crippen LogP contribution in [0, 0.1) is 0 Å². The molecule has 0 rings (SSSR count). The fraction of sp³-hybridized carbons (Fsp3) is 0.727. The number of ether oxygens (including phenoxy) is 1. The van der Waals surface area contributed by atoms with Crippen molar-refractivity contribution in [3.8, 4) is 0 Å². The monoisotopic (exact) mass is 1080 g/mol. The summed E-state index contributed by atoms with van der Waals surface area (Å²) < 4.78 is 30.3. The molecule has 0 spiro atoms. The molecular weight excluding hydrogens is 964 g/mol. The molecule has 1 N–H and O–H groups in total. The van der Waals surface area contributed by atoms with Crippen molar-refractivity contribution < 1.29 is 37.3 Å². The second-order valence-electron chi connectivity index (χ2n) is 21.8. The van der Waals surface area contributed by atoms with Crippen LogP contribution in [0.1, 0.15) is 258 Å². The molecule has 0 aromatic rings. The number of phosphoric acid groups is 1. The summed E-state index contributed by atoms with van der Waals surface area (Å²) in [5.74, 6) is -0.580. The third-order valence-electron chi connectivity index (χ3n) is 13.2. The molecule has 0 fully saturated rings. The molecule has 0 aliphatic heterocycles. The maximum atomic E-state index is 13.5. The van der Waals surface area contributed by atoms with Gasteiger partial charge in [-0.1, -0.05) is 234 Å². The first-order valence-corrected chi connectivity index (χ1v) is 32.5. The van der Waals surface area contributed by atoms with Crippen molar-refractivity contribution in [2.45, 2.75) is 270 Å². The lowest BCUT2D eigenvalue weighted by molar-refractivity contribution is -0.870. The van der Waals surface area contributed by atoms with Crippen LogP contribution in [0.25, 0.3) is 0 Å². The van der Waals surface area contributed by atoms with E-state index < -0.39 is 26.6 Å². The van der Waals surface area contributed by atoms with Gasteiger partial charge in [0.25, 0.3) is 7.82 Å². The Labute approximate surface area is 468 Å². The molecule has 0 radical (unpaired) electrons. The molecule has 0 aliphatic rings. The number of unbranched alkanes of at least 4 members (excludes halogenated alkanes) is 25. The van der Waals surface area contributed by atoms with Gasteiger partial charge in [0.05, 0.1) is 33.8 Å². The molecular formula is C66H117N2O7P. The maximum Gasteiger partial charge on any atom is 0.306 e. The van der Waals surface area contributed by atoms with Gasteiger partial charge in [0, 0.05) is 12.8 Å². The summed E-state index contributed by atoms with van der Waals surface area (Å²) in [5.41, 5.74) is 0. The number of rotatable bonds is 55. The lowest BCUT2D eigenvalue weighted by Gasteiger charge is -2.30. The Bertz CT molecular complexity index is 1620. The number of nitrogens with one attached hydrogen (secondary N) is 1. The van der Waals surface area contributed by atoms with Gasteiger partial charge in [-0.25, -0.2) is 0 Å². The standard InChI is InChI=1S/C66H117N2O7P/c1-7-10-13-16-19-22-25-28-30-32-33-34-35-36-38-41-44-47-50-53-56-59-66(70)75-64(57-54-51-48-45-42-39-27-24-21-18-15-12-9-3)63(62-74-76(71,72)73-61-60-68(4,5)6)67-65(69)58-55-52-49-46-43-40-37-31-29-26-23-20-17-14-11-8-2/h11,14,19-20,22-23,28-31,33-34,36,38,54,57,63-64H,7-10,12-13,15-18,21,24-27,32,35,37,39-53,55-56,58-62H2,1-6H3,(H-,67,69,71,72)/b14-11+,22-19-,23-20+,30-28-,31-29+,34-33-,38-36-,57-54+. The number of likely N-dealkylation sites (N-methyl/N-ethyl adjacent to an activating group) is 1. The van der Waals surface area contributed by atoms with Crippen molar-refractivity contribution in [2.75, 3.05) is 40.9 Å². The highest BCUT2D eigenvalue weighted by atomic mass is 31.2. The Balaban J connectivity index is 5.35. The third-order valence-corrected chi connectivity index (χ3v) is 14.2. The van der Waals surface area contributed by atoms with Gasteiger partial charge >= 0.3 is 5.97 Å². The fourth-order valence-corrected chi connectivity index (χ4v) is 9.18. The molecule has 0 saturated carbocycles. The summed E-state index contributed by atoms with van der Waals surface area (Å²) in [6, 6.07) is -0.909. The average molecular weight is 1080 g/mol. The van der Waals surface area contributed by atoms with Gasteiger partial charge in [-0.3, -0.25) is 14.2 Å². The number of carbonyl (C=O) groups excluding carboxylic acids is 2. The zero-order chi connectivity index (χ0) is 55.7. The summed E-state index contributed by atoms with van der Waals surface area (Å²) in [5, 5.41) is 3.02. The van der Waals surface area contributed by atoms with E-state index in [1.807, 2.05) is 33.3 Å². The number of allylic oxidation sites excluding steroid dienone is 15. The molecule has 1 amide bonds. The van der Waals surface area contributed by atoms with Gasteiger partial charge in [0.2, 0.25) is 5.91 Å². The summed E-state index contributed by atoms with van der Waals surface area (Å²) in [6.45, 7) is 6.68. The highest BCUT2D eigenvalue weighted by molar-refractivity contribution is 7.45. The van der Waals surface area contributed by atoms with Crippen molar-refractivity contribution in [3.63, 3.8) is 0 Å². The normalized spacial score (nSPS) is 14.4. The van der Waals surface area contributed by atoms with E-state index in [4.69, 9.17) is 13.8 Å². The number of carbonyl (C=O) groups is 2. The van der Waals surface area contributed by atoms with E-state index in [2.05, 4.69) is 111 Å². The molecule has 3 atom stereocenters. The van der Waals surface area contributed by atoms with E-state index in [9.17, 15) is 19.0 Å². The van der Waals surface area contributed by atoms with Gasteiger partial charge in [-0.15, -0.1) is 0 Å². The Hall–Kier alpha value is -3.07. The average Bonchev–Trinajstić information content (AvgIpc) is 3.38. The molecule has 0 heterocycles. The van der Waals surface area contributed by atoms with Crippen LogP contribution in [0.4, 0.5) is 0 Å². The highest BCUT2D eigenvalue weighted by Gasteiger charge is 2.27. The van der Waals surface area contributed by atoms with Crippen LogP contribution in [-0.4, -0.2) is 69.4 Å². The number of hydrogen-bond acceptors (Lipinski definition) is 7. The molecule has 3 unspecified atom stereocenters. The van der Waals surface area contributed by atoms with Gasteiger partial charge in [0.15, 0.2) is 0 Å². The minimum atomic E-state index is -4.71. The minimum absolute atomic E-state index is 0.0329. The molecule has 0 aliphatic carbocycles. The van der Waals surface area contributed by atoms with E-state index in [1.165, 1.54) is 83.5 Å². The molecule has 10 heteroatoms. The zero-order valence-corrected chi connectivity index (χ0v) is 50.8. The lowest BCUT2D eigenvalue weighted by Crippen LogP contribution is -2.47. The lowest BCUT2D eigenvalue weighted by atomic mass is 10.0. The van der Waals surface area contributed by atoms with Crippen molar-refractivity contribution in [2.24, 2.45) is 0 Å². The van der Waals surface area contributed by atoms with E-state index in [-0.39, 0.29) is 24.9 Å². The van der Waals surface area contributed by atoms with Crippen LogP contribution in [0.2, 0.25) is 0 Å². The zero-order valence-electron chi connectivity index (χ0n) is 49.9. The minimum Gasteiger partial charge on any atom is -0.756 e. The molecule has 0 aromatic carbocycles. The predicted octanol–water partition coefficient (Wildman–Crippen LogP) is 18.5. The van der Waals surface area contributed by atoms with Crippen LogP contribution < -0.4 is 10.2 Å². The number of quaternary nitrogens is 1. The van der Waals surface area contributed by atoms with E-state index in [1.54, 1.807) is 0 Å². The number of phosphoric ester groups is 1. The molecule has 76 heavy (non-hydrogen) atoms. The number of amides is 1. The second kappa shape index (κ2) is 55.3. The summed E-state index contributed by atoms with van der Waals surface area (Å²) in [7, 11) is 1.15. The first kappa shape index (κ1) is 72.9. The van der Waals surface area contributed by atoms with E-state index in [0.29, 0.717) is 23.9 Å². The van der Waals surface area contributed by atoms with Gasteiger partial charge in [-0.2, -0.15) is 0 Å². The molecule has 9 nitrogen and oxygen atoms in total. The molecule has 0 aromatic heterocycles. The van der Waals surface area contributed by atoms with Crippen molar-refractivity contribution in [1.82, 2.24) is 5.32 Å². The maximum absolute atomic E-state index is 13.5. The smallest absolute Gasteiger partial charge is 0.306 e. The first-order chi connectivity index (χ1) is 36.9. The Morgan fingerprint density at radius 2 is 0.842 bits per heavy atom. The Kier molecular flexibility index (Phi) is 53.0. The van der Waals surface area contributed by atoms with Crippen LogP contribution in [0.5, 0.6) is 0 Å². The molecule has 438 valence electrons. The van der Waals surface area contributed by atoms with Crippen molar-refractivity contribution in [3.05, 3.63) is 97.2 Å². The SMILES string of the molecule is CC/C=C/C/C=C/C/C=C/CCCCCCCCC(=O)NC(COP(=O)([O-])OCC[N+](C)(C)C)C(/C=C/CCCCCCCCCCCCC)OC(=O)CCCCCCC/C=C\C/C=C\C/C=C\C/C=C\CCCCC. The Morgan fingerprint density at radius 3 is 1.29 bits per heavy atom. The van der Waals surface area contributed by atoms with Crippen LogP contribution in [-0.2, 0) is 27.9 Å². The number of nitrogens with zero attached hydrogens (tertiary/aromatic N) is 1. The van der Waals surface area contributed by atoms with Crippen molar-refractivity contribution in [1.29, 1.82) is 0 Å². The number of esters is 1. The van der Waals surface area contributed by atoms with Gasteiger partial charge in [-0.05, 0) is 109 Å². The first-order valence-electron chi connectivity index (χ1n) is 31.0. The largest absolute Gasteiger partial charge is 0.756 e. The topological polar surface area (TPSA) is 114 Å². The van der Waals surface area contributed by atoms with Crippen LogP contribution in [0.3, 0.4) is 0 Å². The quantitative estimate of drug-likeness (QED) is 0.0212. The molecule has 0 saturated heterocycles. The Morgan fingerprint density at radius 1 is 0.474 bits per heavy atom. The van der Waals surface area contributed by atoms with Gasteiger partial charge in [0.1, 0.15) is 19.3 Å². The van der Waals surface area contributed by atoms with Gasteiger partial charge < -0.3 is 28.5 Å². The van der Waals surface area contributed by atoms with E-state index in [0.717, 1.165) is 135 Å². The summed E-state index contributed by atoms with van der Waals surface area (Å²) in [6.07, 6.45) is 73.7. The second-order valence-corrected chi connectivity index (χ2v) is 23.2. The number of hydrogen-bond donors (Lipinski definition) is 1. The van der Waals surface area contributed by atoms with Crippen LogP contribution in [0.15, 0.2) is 97.2 Å².